The molecule has 236 valence electrons. The standard InChI is InChI=1S/C22H18ClF5N4O2.C7H11FN.U/c23-14-7-13-19(30-21(33)31-20(13)32-3-4-34-8-15(32)24)18(25)16(14)12-6-10(29)5-11(9-1-2-9)17(12)22(26,27)28;8-6-4-7-2-1-3-9(7)5-6;/h5-7,9,15H,1-4,8,29H2,(H,30,31,33);6H,1-5H2;/q;-1;/t15-;6-;/m11./s1. The van der Waals surface area contributed by atoms with E-state index in [0.717, 1.165) is 30.4 Å². The summed E-state index contributed by atoms with van der Waals surface area (Å²) in [4.78, 5) is 10.9. The number of halogens is 7. The van der Waals surface area contributed by atoms with Crippen molar-refractivity contribution in [1.82, 2.24) is 14.9 Å². The van der Waals surface area contributed by atoms with Crippen molar-refractivity contribution in [2.75, 3.05) is 43.5 Å². The zero-order chi connectivity index (χ0) is 30.6. The summed E-state index contributed by atoms with van der Waals surface area (Å²) in [5, 5.41) is 9.61. The predicted molar refractivity (Wildman–Crippen MR) is 150 cm³/mol. The molecule has 0 amide bonds. The minimum atomic E-state index is -4.81. The normalized spacial score (nSPS) is 22.5. The third kappa shape index (κ3) is 6.61. The van der Waals surface area contributed by atoms with E-state index < -0.39 is 52.7 Å². The van der Waals surface area contributed by atoms with E-state index in [9.17, 15) is 27.1 Å². The first-order chi connectivity index (χ1) is 20.4. The van der Waals surface area contributed by atoms with E-state index in [1.165, 1.54) is 24.6 Å². The second kappa shape index (κ2) is 13.0. The Labute approximate surface area is 278 Å². The van der Waals surface area contributed by atoms with Crippen LogP contribution in [0.3, 0.4) is 0 Å². The quantitative estimate of drug-likeness (QED) is 0.130. The van der Waals surface area contributed by atoms with Gasteiger partial charge in [-0.05, 0) is 55.6 Å². The summed E-state index contributed by atoms with van der Waals surface area (Å²) in [6, 6.07) is 3.94. The maximum Gasteiger partial charge on any atom is 0.417 e. The third-order valence-electron chi connectivity index (χ3n) is 8.17. The molecule has 0 spiro atoms. The number of alkyl halides is 5. The SMILES string of the molecule is F[C@@H]1C[C-]2CCCN2C1.Nc1cc(-c2c(Cl)cc3c(N4CCOC[C@@H]4F)nc(O)nc3c2F)c(C(F)(F)F)c(C2CC2)c1.[U]. The van der Waals surface area contributed by atoms with Crippen molar-refractivity contribution in [1.29, 1.82) is 0 Å². The number of hydrogen-bond donors (Lipinski definition) is 2. The first-order valence-electron chi connectivity index (χ1n) is 14.0. The van der Waals surface area contributed by atoms with Gasteiger partial charge in [-0.2, -0.15) is 29.6 Å². The van der Waals surface area contributed by atoms with Crippen LogP contribution in [0, 0.1) is 43.0 Å². The van der Waals surface area contributed by atoms with E-state index in [1.807, 2.05) is 0 Å². The summed E-state index contributed by atoms with van der Waals surface area (Å²) >= 11 is 6.35. The smallest absolute Gasteiger partial charge is 0.417 e. The summed E-state index contributed by atoms with van der Waals surface area (Å²) in [5.74, 6) is -1.68. The van der Waals surface area contributed by atoms with Crippen molar-refractivity contribution in [3.05, 3.63) is 46.2 Å². The molecule has 7 rings (SSSR count). The molecule has 44 heavy (non-hydrogen) atoms. The van der Waals surface area contributed by atoms with Gasteiger partial charge in [0.05, 0.1) is 30.0 Å². The number of nitrogen functional groups attached to an aromatic ring is 1. The van der Waals surface area contributed by atoms with E-state index in [0.29, 0.717) is 19.4 Å². The van der Waals surface area contributed by atoms with Gasteiger partial charge in [-0.25, -0.2) is 19.2 Å². The van der Waals surface area contributed by atoms with Crippen LogP contribution in [0.15, 0.2) is 18.2 Å². The van der Waals surface area contributed by atoms with Gasteiger partial charge < -0.3 is 25.4 Å². The van der Waals surface area contributed by atoms with Crippen molar-refractivity contribution in [2.24, 2.45) is 0 Å². The molecule has 2 aromatic carbocycles. The molecule has 3 aliphatic heterocycles. The van der Waals surface area contributed by atoms with Gasteiger partial charge in [-0.3, -0.25) is 0 Å². The molecule has 4 heterocycles. The average Bonchev–Trinajstić information content (AvgIpc) is 3.60. The fourth-order valence-electron chi connectivity index (χ4n) is 6.17. The van der Waals surface area contributed by atoms with E-state index >= 15 is 4.39 Å². The van der Waals surface area contributed by atoms with Crippen LogP contribution in [-0.2, 0) is 10.9 Å². The number of ether oxygens (including phenoxy) is 1. The van der Waals surface area contributed by atoms with Crippen LogP contribution < -0.4 is 10.6 Å². The number of hydrogen-bond acceptors (Lipinski definition) is 7. The Morgan fingerprint density at radius 2 is 1.86 bits per heavy atom. The largest absolute Gasteiger partial charge is 0.479 e. The number of nitrogens with two attached hydrogens (primary N) is 1. The molecule has 4 aliphatic rings. The Kier molecular flexibility index (Phi) is 9.88. The molecule has 0 unspecified atom stereocenters. The first kappa shape index (κ1) is 33.4. The van der Waals surface area contributed by atoms with Crippen LogP contribution in [0.1, 0.15) is 49.1 Å². The molecule has 15 heteroatoms. The Bertz CT molecular complexity index is 1530. The molecule has 1 aliphatic carbocycles. The van der Waals surface area contributed by atoms with Crippen LogP contribution in [-0.4, -0.2) is 65.3 Å². The van der Waals surface area contributed by atoms with E-state index in [2.05, 4.69) is 14.9 Å². The van der Waals surface area contributed by atoms with Gasteiger partial charge in [0.15, 0.2) is 12.1 Å². The molecule has 4 fully saturated rings. The van der Waals surface area contributed by atoms with Gasteiger partial charge in [0.25, 0.3) is 0 Å². The van der Waals surface area contributed by atoms with Gasteiger partial charge in [-0.1, -0.05) is 18.0 Å². The number of aromatic hydroxyl groups is 1. The van der Waals surface area contributed by atoms with Crippen molar-refractivity contribution in [2.45, 2.75) is 56.7 Å². The maximum atomic E-state index is 15.9. The van der Waals surface area contributed by atoms with Crippen LogP contribution in [0.2, 0.25) is 5.02 Å². The molecule has 2 atom stereocenters. The van der Waals surface area contributed by atoms with Crippen LogP contribution in [0.5, 0.6) is 6.01 Å². The number of benzene rings is 2. The molecule has 0 radical (unpaired) electrons. The number of aromatic nitrogens is 2. The minimum absolute atomic E-state index is 0. The van der Waals surface area contributed by atoms with Crippen LogP contribution in [0.25, 0.3) is 22.0 Å². The minimum Gasteiger partial charge on any atom is -0.479 e. The average molecular weight is 867 g/mol. The third-order valence-corrected chi connectivity index (χ3v) is 8.47. The molecule has 3 N–H and O–H groups in total. The molecule has 3 saturated heterocycles. The molecular weight excluding hydrogens is 838 g/mol. The summed E-state index contributed by atoms with van der Waals surface area (Å²) in [6.07, 6.45) is -2.75. The van der Waals surface area contributed by atoms with Crippen LogP contribution in [0.4, 0.5) is 37.8 Å². The number of rotatable bonds is 3. The van der Waals surface area contributed by atoms with Gasteiger partial charge in [0.1, 0.15) is 11.3 Å². The Morgan fingerprint density at radius 3 is 2.52 bits per heavy atom. The summed E-state index contributed by atoms with van der Waals surface area (Å²) < 4.78 is 90.5. The molecule has 0 bridgehead atoms. The summed E-state index contributed by atoms with van der Waals surface area (Å²) in [7, 11) is 0. The molecule has 1 aromatic heterocycles. The first-order valence-corrected chi connectivity index (χ1v) is 14.4. The van der Waals surface area contributed by atoms with E-state index in [1.54, 1.807) is 0 Å². The summed E-state index contributed by atoms with van der Waals surface area (Å²) in [6.45, 7) is 1.71. The fourth-order valence-corrected chi connectivity index (χ4v) is 6.46. The van der Waals surface area contributed by atoms with Crippen molar-refractivity contribution in [3.8, 4) is 17.1 Å². The fraction of sp³-hybridized carbons (Fsp3) is 0.483. The monoisotopic (exact) mass is 866 g/mol. The number of morpholine rings is 1. The second-order valence-electron chi connectivity index (χ2n) is 11.2. The van der Waals surface area contributed by atoms with E-state index in [4.69, 9.17) is 22.1 Å². The Balaban J connectivity index is 0.000000327. The molecule has 1 saturated carbocycles. The predicted octanol–water partition coefficient (Wildman–Crippen LogP) is 6.76. The van der Waals surface area contributed by atoms with Crippen LogP contribution >= 0.6 is 11.6 Å². The zero-order valence-electron chi connectivity index (χ0n) is 23.4. The van der Waals surface area contributed by atoms with Crippen molar-refractivity contribution < 1.29 is 67.3 Å². The zero-order valence-corrected chi connectivity index (χ0v) is 28.3. The van der Waals surface area contributed by atoms with Crippen molar-refractivity contribution in [3.63, 3.8) is 0 Å². The summed E-state index contributed by atoms with van der Waals surface area (Å²) in [5.41, 5.74) is 3.31. The second-order valence-corrected chi connectivity index (χ2v) is 11.6. The Morgan fingerprint density at radius 1 is 1.11 bits per heavy atom. The van der Waals surface area contributed by atoms with Gasteiger partial charge in [0, 0.05) is 59.9 Å². The van der Waals surface area contributed by atoms with Gasteiger partial charge in [-0.15, -0.1) is 6.42 Å². The van der Waals surface area contributed by atoms with Crippen molar-refractivity contribution >= 4 is 34.0 Å². The maximum absolute atomic E-state index is 15.9. The number of nitrogens with zero attached hydrogens (tertiary/aromatic N) is 4. The van der Waals surface area contributed by atoms with Gasteiger partial charge >= 0.3 is 12.2 Å². The van der Waals surface area contributed by atoms with Gasteiger partial charge in [0.2, 0.25) is 0 Å². The molecular formula is C29H29ClF6N5O2U-. The van der Waals surface area contributed by atoms with E-state index in [-0.39, 0.29) is 84.3 Å². The topological polar surface area (TPSA) is 87.7 Å². The number of fused-ring (bicyclic) bond motifs is 2. The molecule has 7 nitrogen and oxygen atoms in total. The Hall–Kier alpha value is -1.98. The number of anilines is 2. The molecule has 3 aromatic rings.